The highest BCUT2D eigenvalue weighted by Gasteiger charge is 2.32. The molecule has 3 heterocycles. The number of halogens is 1. The van der Waals surface area contributed by atoms with E-state index in [1.165, 1.54) is 4.68 Å². The maximum atomic E-state index is 14.0. The summed E-state index contributed by atoms with van der Waals surface area (Å²) in [5, 5.41) is 8.13. The molecule has 0 saturated carbocycles. The number of carbonyl (C=O) groups is 2. The summed E-state index contributed by atoms with van der Waals surface area (Å²) in [6, 6.07) is 14.5. The Morgan fingerprint density at radius 3 is 2.51 bits per heavy atom. The molecule has 0 radical (unpaired) electrons. The lowest BCUT2D eigenvalue weighted by Gasteiger charge is -2.39. The molecule has 2 aromatic carbocycles. The highest BCUT2D eigenvalue weighted by Crippen LogP contribution is 2.31. The Morgan fingerprint density at radius 2 is 1.80 bits per heavy atom. The van der Waals surface area contributed by atoms with E-state index in [9.17, 15) is 14.4 Å². The smallest absolute Gasteiger partial charge is 0.321 e. The zero-order valence-electron chi connectivity index (χ0n) is 23.4. The number of para-hydroxylation sites is 1. The normalized spacial score (nSPS) is 17.3. The molecule has 0 bridgehead atoms. The van der Waals surface area contributed by atoms with Crippen molar-refractivity contribution in [1.82, 2.24) is 14.7 Å². The number of nitrogens with one attached hydrogen (secondary N) is 1. The third kappa shape index (κ3) is 6.32. The van der Waals surface area contributed by atoms with Crippen LogP contribution >= 0.6 is 11.6 Å². The van der Waals surface area contributed by atoms with Gasteiger partial charge in [0.25, 0.3) is 5.56 Å². The monoisotopic (exact) mass is 578 g/mol. The summed E-state index contributed by atoms with van der Waals surface area (Å²) in [4.78, 5) is 45.5. The van der Waals surface area contributed by atoms with Gasteiger partial charge in [0.1, 0.15) is 5.69 Å². The van der Waals surface area contributed by atoms with E-state index >= 15 is 0 Å². The Morgan fingerprint density at radius 1 is 1.05 bits per heavy atom. The molecular weight excluding hydrogens is 544 g/mol. The topological polar surface area (TPSA) is 100 Å². The second-order valence-corrected chi connectivity index (χ2v) is 10.8. The number of amides is 2. The lowest BCUT2D eigenvalue weighted by Crippen LogP contribution is -2.51. The van der Waals surface area contributed by atoms with E-state index in [2.05, 4.69) is 15.3 Å². The van der Waals surface area contributed by atoms with E-state index in [0.717, 1.165) is 24.1 Å². The first-order chi connectivity index (χ1) is 19.9. The van der Waals surface area contributed by atoms with Crippen molar-refractivity contribution in [3.63, 3.8) is 0 Å². The van der Waals surface area contributed by atoms with E-state index in [1.807, 2.05) is 48.2 Å². The number of benzene rings is 2. The zero-order valence-corrected chi connectivity index (χ0v) is 24.1. The fraction of sp³-hybridized carbons (Fsp3) is 0.400. The Hall–Kier alpha value is -4.05. The molecule has 2 saturated heterocycles. The minimum atomic E-state index is -0.300. The van der Waals surface area contributed by atoms with Gasteiger partial charge in [0.2, 0.25) is 0 Å². The van der Waals surface area contributed by atoms with Crippen LogP contribution < -0.4 is 20.7 Å². The third-order valence-electron chi connectivity index (χ3n) is 7.63. The first-order valence-electron chi connectivity index (χ1n) is 14.0. The molecular formula is C30H35ClN6O4. The largest absolute Gasteiger partial charge is 0.466 e. The van der Waals surface area contributed by atoms with Crippen LogP contribution in [0.25, 0.3) is 5.69 Å². The summed E-state index contributed by atoms with van der Waals surface area (Å²) < 4.78 is 6.71. The zero-order chi connectivity index (χ0) is 28.9. The van der Waals surface area contributed by atoms with Crippen LogP contribution in [0.15, 0.2) is 59.5 Å². The van der Waals surface area contributed by atoms with Crippen LogP contribution in [0.5, 0.6) is 0 Å². The van der Waals surface area contributed by atoms with Gasteiger partial charge in [-0.3, -0.25) is 9.59 Å². The van der Waals surface area contributed by atoms with Gasteiger partial charge in [-0.1, -0.05) is 29.8 Å². The summed E-state index contributed by atoms with van der Waals surface area (Å²) in [7, 11) is 0. The number of esters is 1. The lowest BCUT2D eigenvalue weighted by molar-refractivity contribution is -0.148. The number of hydrogen-bond donors (Lipinski definition) is 1. The fourth-order valence-electron chi connectivity index (χ4n) is 5.46. The van der Waals surface area contributed by atoms with Gasteiger partial charge in [-0.05, 0) is 62.6 Å². The summed E-state index contributed by atoms with van der Waals surface area (Å²) in [6.07, 6.45) is 3.22. The lowest BCUT2D eigenvalue weighted by atomic mass is 9.97. The number of ether oxygens (including phenoxy) is 1. The number of nitrogens with zero attached hydrogens (tertiary/aromatic N) is 5. The van der Waals surface area contributed by atoms with Crippen molar-refractivity contribution < 1.29 is 14.3 Å². The summed E-state index contributed by atoms with van der Waals surface area (Å²) >= 11 is 6.05. The minimum absolute atomic E-state index is 0.179. The van der Waals surface area contributed by atoms with Crippen molar-refractivity contribution in [2.24, 2.45) is 5.92 Å². The number of aromatic nitrogens is 2. The molecule has 3 aromatic rings. The van der Waals surface area contributed by atoms with Gasteiger partial charge in [0.05, 0.1) is 30.1 Å². The quantitative estimate of drug-likeness (QED) is 0.435. The van der Waals surface area contributed by atoms with Crippen molar-refractivity contribution in [2.75, 3.05) is 61.0 Å². The molecule has 1 atom stereocenters. The number of rotatable bonds is 6. The average Bonchev–Trinajstić information content (AvgIpc) is 2.99. The van der Waals surface area contributed by atoms with Gasteiger partial charge in [0.15, 0.2) is 0 Å². The van der Waals surface area contributed by atoms with E-state index in [4.69, 9.17) is 16.3 Å². The first-order valence-corrected chi connectivity index (χ1v) is 14.4. The highest BCUT2D eigenvalue weighted by atomic mass is 35.5. The number of anilines is 3. The summed E-state index contributed by atoms with van der Waals surface area (Å²) in [6.45, 7) is 7.11. The minimum Gasteiger partial charge on any atom is -0.466 e. The molecule has 0 aliphatic carbocycles. The van der Waals surface area contributed by atoms with Crippen molar-refractivity contribution in [2.45, 2.75) is 26.7 Å². The van der Waals surface area contributed by atoms with Crippen LogP contribution in [0.1, 0.15) is 25.3 Å². The first kappa shape index (κ1) is 28.5. The van der Waals surface area contributed by atoms with E-state index in [1.54, 1.807) is 30.2 Å². The standard InChI is InChI=1S/C30H35ClN6O4/c1-3-41-29(39)22-8-7-13-36(20-22)27-26(19-32-37(28(27)38)24-9-5-4-6-10-24)34-14-16-35(17-15-34)30(40)33-25-12-11-23(31)18-21(25)2/h4-6,9-12,18-19,22H,3,7-8,13-17,20H2,1-2H3,(H,33,40). The second-order valence-electron chi connectivity index (χ2n) is 10.3. The van der Waals surface area contributed by atoms with Crippen LogP contribution in [-0.2, 0) is 9.53 Å². The van der Waals surface area contributed by atoms with E-state index < -0.39 is 0 Å². The van der Waals surface area contributed by atoms with Crippen molar-refractivity contribution in [3.05, 3.63) is 75.7 Å². The Labute approximate surface area is 244 Å². The molecule has 216 valence electrons. The average molecular weight is 579 g/mol. The summed E-state index contributed by atoms with van der Waals surface area (Å²) in [5.74, 6) is -0.530. The maximum absolute atomic E-state index is 14.0. The molecule has 1 N–H and O–H groups in total. The molecule has 2 aliphatic rings. The predicted octanol–water partition coefficient (Wildman–Crippen LogP) is 4.33. The SMILES string of the molecule is CCOC(=O)C1CCCN(c2c(N3CCN(C(=O)Nc4ccc(Cl)cc4C)CC3)cnn(-c3ccccc3)c2=O)C1. The number of carbonyl (C=O) groups excluding carboxylic acids is 2. The van der Waals surface area contributed by atoms with Gasteiger partial charge in [-0.15, -0.1) is 0 Å². The second kappa shape index (κ2) is 12.6. The molecule has 41 heavy (non-hydrogen) atoms. The van der Waals surface area contributed by atoms with Crippen molar-refractivity contribution in [3.8, 4) is 5.69 Å². The highest BCUT2D eigenvalue weighted by molar-refractivity contribution is 6.30. The number of piperidine rings is 1. The summed E-state index contributed by atoms with van der Waals surface area (Å²) in [5.41, 5.74) is 3.27. The maximum Gasteiger partial charge on any atom is 0.321 e. The molecule has 2 aliphatic heterocycles. The number of piperazine rings is 1. The van der Waals surface area contributed by atoms with Crippen molar-refractivity contribution in [1.29, 1.82) is 0 Å². The molecule has 2 fully saturated rings. The predicted molar refractivity (Wildman–Crippen MR) is 160 cm³/mol. The Balaban J connectivity index is 1.39. The molecule has 11 heteroatoms. The number of aryl methyl sites for hydroxylation is 1. The van der Waals surface area contributed by atoms with Crippen LogP contribution in [0.4, 0.5) is 21.9 Å². The van der Waals surface area contributed by atoms with E-state index in [-0.39, 0.29) is 23.5 Å². The van der Waals surface area contributed by atoms with Gasteiger partial charge in [-0.2, -0.15) is 9.78 Å². The Kier molecular flexibility index (Phi) is 8.78. The van der Waals surface area contributed by atoms with Crippen LogP contribution in [-0.4, -0.2) is 72.6 Å². The Bertz CT molecular complexity index is 1460. The molecule has 2 amide bonds. The number of urea groups is 1. The van der Waals surface area contributed by atoms with Gasteiger partial charge in [0, 0.05) is 50.0 Å². The van der Waals surface area contributed by atoms with Gasteiger partial charge in [-0.25, -0.2) is 4.79 Å². The van der Waals surface area contributed by atoms with Crippen molar-refractivity contribution >= 4 is 40.7 Å². The van der Waals surface area contributed by atoms with Crippen LogP contribution in [0.3, 0.4) is 0 Å². The molecule has 0 spiro atoms. The third-order valence-corrected chi connectivity index (χ3v) is 7.86. The van der Waals surface area contributed by atoms with Crippen LogP contribution in [0, 0.1) is 12.8 Å². The number of hydrogen-bond acceptors (Lipinski definition) is 7. The van der Waals surface area contributed by atoms with E-state index in [0.29, 0.717) is 68.0 Å². The van der Waals surface area contributed by atoms with Crippen LogP contribution in [0.2, 0.25) is 5.02 Å². The molecule has 1 unspecified atom stereocenters. The fourth-order valence-corrected chi connectivity index (χ4v) is 5.69. The molecule has 5 rings (SSSR count). The molecule has 1 aromatic heterocycles. The molecule has 10 nitrogen and oxygen atoms in total. The van der Waals surface area contributed by atoms with Gasteiger partial charge >= 0.3 is 12.0 Å². The van der Waals surface area contributed by atoms with Gasteiger partial charge < -0.3 is 24.8 Å².